The number of nitrogens with zero attached hydrogens (tertiary/aromatic N) is 1. The van der Waals surface area contributed by atoms with Gasteiger partial charge in [0.1, 0.15) is 5.75 Å². The van der Waals surface area contributed by atoms with Crippen molar-refractivity contribution < 1.29 is 4.74 Å². The Hall–Kier alpha value is -0.580. The Morgan fingerprint density at radius 3 is 2.67 bits per heavy atom. The Labute approximate surface area is 136 Å². The van der Waals surface area contributed by atoms with Crippen LogP contribution in [0.1, 0.15) is 57.6 Å². The van der Waals surface area contributed by atoms with Crippen LogP contribution in [0.3, 0.4) is 0 Å². The molecular formula is C17H25BrN2O. The smallest absolute Gasteiger partial charge is 0.125 e. The van der Waals surface area contributed by atoms with Gasteiger partial charge in [-0.05, 0) is 51.7 Å². The van der Waals surface area contributed by atoms with Crippen LogP contribution < -0.4 is 10.2 Å². The molecule has 3 rings (SSSR count). The predicted octanol–water partition coefficient (Wildman–Crippen LogP) is 4.43. The van der Waals surface area contributed by atoms with E-state index in [9.17, 15) is 0 Å². The number of nitrogens with one attached hydrogen (secondary N) is 1. The number of ether oxygens (including phenoxy) is 1. The molecule has 0 aromatic heterocycles. The van der Waals surface area contributed by atoms with Gasteiger partial charge in [0.2, 0.25) is 0 Å². The largest absolute Gasteiger partial charge is 0.493 e. The highest BCUT2D eigenvalue weighted by Crippen LogP contribution is 2.35. The highest BCUT2D eigenvalue weighted by atomic mass is 79.9. The second-order valence-electron chi connectivity index (χ2n) is 6.39. The van der Waals surface area contributed by atoms with Crippen LogP contribution in [0.5, 0.6) is 5.75 Å². The molecule has 0 bridgehead atoms. The van der Waals surface area contributed by atoms with Crippen LogP contribution in [-0.2, 0) is 0 Å². The van der Waals surface area contributed by atoms with Crippen molar-refractivity contribution >= 4 is 15.9 Å². The number of rotatable bonds is 2. The van der Waals surface area contributed by atoms with E-state index in [4.69, 9.17) is 4.74 Å². The SMILES string of the molecule is CC1CCCC(C)N1NC1CCCOc2cc(Br)ccc21. The minimum Gasteiger partial charge on any atom is -0.493 e. The first kappa shape index (κ1) is 15.3. The molecule has 3 unspecified atom stereocenters. The fourth-order valence-corrected chi connectivity index (χ4v) is 3.88. The van der Waals surface area contributed by atoms with Crippen molar-refractivity contribution in [1.82, 2.24) is 10.4 Å². The maximum atomic E-state index is 5.91. The maximum absolute atomic E-state index is 5.91. The van der Waals surface area contributed by atoms with Gasteiger partial charge in [-0.1, -0.05) is 28.4 Å². The van der Waals surface area contributed by atoms with Crippen LogP contribution in [-0.4, -0.2) is 23.7 Å². The molecule has 3 atom stereocenters. The first-order valence-electron chi connectivity index (χ1n) is 8.12. The van der Waals surface area contributed by atoms with Crippen molar-refractivity contribution in [3.63, 3.8) is 0 Å². The van der Waals surface area contributed by atoms with Crippen LogP contribution in [0, 0.1) is 0 Å². The molecule has 1 aromatic rings. The molecule has 4 heteroatoms. The van der Waals surface area contributed by atoms with Crippen LogP contribution in [0.2, 0.25) is 0 Å². The Kier molecular flexibility index (Phi) is 4.87. The second kappa shape index (κ2) is 6.67. The van der Waals surface area contributed by atoms with Gasteiger partial charge >= 0.3 is 0 Å². The molecule has 0 radical (unpaired) electrons. The lowest BCUT2D eigenvalue weighted by Crippen LogP contribution is -2.53. The molecule has 1 N–H and O–H groups in total. The van der Waals surface area contributed by atoms with Crippen molar-refractivity contribution in [3.05, 3.63) is 28.2 Å². The third-order valence-electron chi connectivity index (χ3n) is 4.74. The third kappa shape index (κ3) is 3.43. The molecule has 3 nitrogen and oxygen atoms in total. The molecule has 116 valence electrons. The number of piperidine rings is 1. The lowest BCUT2D eigenvalue weighted by molar-refractivity contribution is 0.0277. The number of fused-ring (bicyclic) bond motifs is 1. The van der Waals surface area contributed by atoms with E-state index in [0.717, 1.165) is 29.7 Å². The summed E-state index contributed by atoms with van der Waals surface area (Å²) in [5, 5.41) is 2.48. The van der Waals surface area contributed by atoms with Crippen molar-refractivity contribution in [2.45, 2.75) is 64.1 Å². The van der Waals surface area contributed by atoms with Crippen LogP contribution in [0.15, 0.2) is 22.7 Å². The van der Waals surface area contributed by atoms with Gasteiger partial charge < -0.3 is 4.74 Å². The molecule has 0 spiro atoms. The summed E-state index contributed by atoms with van der Waals surface area (Å²) in [5.41, 5.74) is 5.10. The normalized spacial score (nSPS) is 30.3. The zero-order chi connectivity index (χ0) is 14.8. The molecule has 0 amide bonds. The molecule has 2 heterocycles. The van der Waals surface area contributed by atoms with E-state index >= 15 is 0 Å². The summed E-state index contributed by atoms with van der Waals surface area (Å²) in [6.07, 6.45) is 6.14. The summed E-state index contributed by atoms with van der Waals surface area (Å²) in [5.74, 6) is 1.02. The fourth-order valence-electron chi connectivity index (χ4n) is 3.54. The number of benzene rings is 1. The van der Waals surface area contributed by atoms with Gasteiger partial charge in [0, 0.05) is 22.1 Å². The monoisotopic (exact) mass is 352 g/mol. The topological polar surface area (TPSA) is 24.5 Å². The highest BCUT2D eigenvalue weighted by molar-refractivity contribution is 9.10. The highest BCUT2D eigenvalue weighted by Gasteiger charge is 2.29. The molecule has 0 aliphatic carbocycles. The summed E-state index contributed by atoms with van der Waals surface area (Å²) >= 11 is 3.54. The van der Waals surface area contributed by atoms with Crippen molar-refractivity contribution in [1.29, 1.82) is 0 Å². The summed E-state index contributed by atoms with van der Waals surface area (Å²) in [4.78, 5) is 0. The van der Waals surface area contributed by atoms with Crippen LogP contribution >= 0.6 is 15.9 Å². The summed E-state index contributed by atoms with van der Waals surface area (Å²) in [6.45, 7) is 5.48. The first-order chi connectivity index (χ1) is 10.1. The number of hydrazine groups is 1. The minimum absolute atomic E-state index is 0.360. The number of hydrogen-bond acceptors (Lipinski definition) is 3. The van der Waals surface area contributed by atoms with E-state index in [0.29, 0.717) is 18.1 Å². The standard InChI is InChI=1S/C17H25BrN2O/c1-12-5-3-6-13(2)20(12)19-16-7-4-10-21-17-11-14(18)8-9-15(16)17/h8-9,11-13,16,19H,3-7,10H2,1-2H3. The van der Waals surface area contributed by atoms with Gasteiger partial charge in [-0.2, -0.15) is 0 Å². The Bertz CT molecular complexity index is 484. The average molecular weight is 353 g/mol. The van der Waals surface area contributed by atoms with Gasteiger partial charge in [-0.3, -0.25) is 0 Å². The Morgan fingerprint density at radius 2 is 1.90 bits per heavy atom. The van der Waals surface area contributed by atoms with Gasteiger partial charge in [-0.25, -0.2) is 10.4 Å². The van der Waals surface area contributed by atoms with E-state index in [-0.39, 0.29) is 0 Å². The second-order valence-corrected chi connectivity index (χ2v) is 7.31. The van der Waals surface area contributed by atoms with E-state index in [1.807, 2.05) is 0 Å². The lowest BCUT2D eigenvalue weighted by Gasteiger charge is -2.41. The quantitative estimate of drug-likeness (QED) is 0.851. The maximum Gasteiger partial charge on any atom is 0.125 e. The summed E-state index contributed by atoms with van der Waals surface area (Å²) < 4.78 is 7.00. The van der Waals surface area contributed by atoms with Crippen LogP contribution in [0.4, 0.5) is 0 Å². The van der Waals surface area contributed by atoms with E-state index in [1.165, 1.54) is 24.8 Å². The van der Waals surface area contributed by atoms with Crippen molar-refractivity contribution in [3.8, 4) is 5.75 Å². The molecule has 21 heavy (non-hydrogen) atoms. The Morgan fingerprint density at radius 1 is 1.14 bits per heavy atom. The van der Waals surface area contributed by atoms with E-state index < -0.39 is 0 Å². The first-order valence-corrected chi connectivity index (χ1v) is 8.91. The lowest BCUT2D eigenvalue weighted by atomic mass is 9.98. The van der Waals surface area contributed by atoms with Gasteiger partial charge in [0.05, 0.1) is 12.6 Å². The van der Waals surface area contributed by atoms with Crippen molar-refractivity contribution in [2.75, 3.05) is 6.61 Å². The molecule has 0 saturated carbocycles. The van der Waals surface area contributed by atoms with Gasteiger partial charge in [0.15, 0.2) is 0 Å². The van der Waals surface area contributed by atoms with E-state index in [1.54, 1.807) is 0 Å². The molecule has 1 aromatic carbocycles. The minimum atomic E-state index is 0.360. The molecule has 2 aliphatic heterocycles. The zero-order valence-corrected chi connectivity index (χ0v) is 14.5. The van der Waals surface area contributed by atoms with Gasteiger partial charge in [0.25, 0.3) is 0 Å². The fraction of sp³-hybridized carbons (Fsp3) is 0.647. The van der Waals surface area contributed by atoms with Crippen molar-refractivity contribution in [2.24, 2.45) is 0 Å². The van der Waals surface area contributed by atoms with Crippen LogP contribution in [0.25, 0.3) is 0 Å². The van der Waals surface area contributed by atoms with Gasteiger partial charge in [-0.15, -0.1) is 0 Å². The molecular weight excluding hydrogens is 328 g/mol. The third-order valence-corrected chi connectivity index (χ3v) is 5.24. The summed E-state index contributed by atoms with van der Waals surface area (Å²) in [6, 6.07) is 7.98. The molecule has 1 saturated heterocycles. The zero-order valence-electron chi connectivity index (χ0n) is 12.9. The number of halogens is 1. The molecule has 1 fully saturated rings. The Balaban J connectivity index is 1.82. The van der Waals surface area contributed by atoms with E-state index in [2.05, 4.69) is 58.4 Å². The molecule has 2 aliphatic rings. The predicted molar refractivity (Wildman–Crippen MR) is 89.4 cm³/mol. The summed E-state index contributed by atoms with van der Waals surface area (Å²) in [7, 11) is 0. The average Bonchev–Trinajstić information content (AvgIpc) is 2.65. The number of hydrogen-bond donors (Lipinski definition) is 1.